The van der Waals surface area contributed by atoms with Crippen LogP contribution in [0, 0.1) is 5.92 Å². The van der Waals surface area contributed by atoms with Crippen molar-refractivity contribution in [3.8, 4) is 0 Å². The minimum Gasteiger partial charge on any atom is -0.342 e. The zero-order valence-electron chi connectivity index (χ0n) is 11.2. The summed E-state index contributed by atoms with van der Waals surface area (Å²) in [6, 6.07) is 8.85. The quantitative estimate of drug-likeness (QED) is 0.880. The van der Waals surface area contributed by atoms with Gasteiger partial charge in [0.2, 0.25) is 5.91 Å². The molecule has 0 radical (unpaired) electrons. The number of hydrogen-bond acceptors (Lipinski definition) is 2. The molecule has 3 nitrogen and oxygen atoms in total. The van der Waals surface area contributed by atoms with E-state index >= 15 is 0 Å². The van der Waals surface area contributed by atoms with Crippen LogP contribution in [-0.4, -0.2) is 30.4 Å². The van der Waals surface area contributed by atoms with E-state index in [1.54, 1.807) is 0 Å². The molecule has 3 heteroatoms. The van der Waals surface area contributed by atoms with Gasteiger partial charge in [-0.2, -0.15) is 0 Å². The Morgan fingerprint density at radius 2 is 2.11 bits per heavy atom. The summed E-state index contributed by atoms with van der Waals surface area (Å²) in [5, 5.41) is 0. The van der Waals surface area contributed by atoms with E-state index in [9.17, 15) is 4.79 Å². The summed E-state index contributed by atoms with van der Waals surface area (Å²) >= 11 is 0. The molecule has 1 aromatic carbocycles. The summed E-state index contributed by atoms with van der Waals surface area (Å²) in [5.41, 5.74) is 8.38. The van der Waals surface area contributed by atoms with Crippen molar-refractivity contribution in [2.45, 2.75) is 32.2 Å². The molecule has 1 amide bonds. The fourth-order valence-corrected chi connectivity index (χ4v) is 2.64. The number of benzene rings is 1. The van der Waals surface area contributed by atoms with Crippen LogP contribution in [0.4, 0.5) is 0 Å². The monoisotopic (exact) mass is 246 g/mol. The van der Waals surface area contributed by atoms with Crippen molar-refractivity contribution in [3.63, 3.8) is 0 Å². The second-order valence-corrected chi connectivity index (χ2v) is 5.25. The van der Waals surface area contributed by atoms with Crippen LogP contribution in [0.1, 0.15) is 24.5 Å². The molecular weight excluding hydrogens is 224 g/mol. The normalized spacial score (nSPS) is 20.1. The molecule has 0 spiro atoms. The van der Waals surface area contributed by atoms with Crippen molar-refractivity contribution < 1.29 is 4.79 Å². The predicted octanol–water partition coefficient (Wildman–Crippen LogP) is 1.60. The highest BCUT2D eigenvalue weighted by Crippen LogP contribution is 2.24. The average Bonchev–Trinajstić information content (AvgIpc) is 2.44. The highest BCUT2D eigenvalue weighted by molar-refractivity contribution is 5.78. The Kier molecular flexibility index (Phi) is 4.02. The molecule has 0 aromatic heterocycles. The third-order valence-corrected chi connectivity index (χ3v) is 3.99. The van der Waals surface area contributed by atoms with E-state index in [0.717, 1.165) is 19.3 Å². The molecule has 2 rings (SSSR count). The van der Waals surface area contributed by atoms with Crippen LogP contribution >= 0.6 is 0 Å². The van der Waals surface area contributed by atoms with Gasteiger partial charge < -0.3 is 10.6 Å². The number of hydrogen-bond donors (Lipinski definition) is 1. The summed E-state index contributed by atoms with van der Waals surface area (Å²) in [5.74, 6) is 0.0917. The van der Waals surface area contributed by atoms with Crippen LogP contribution in [-0.2, 0) is 17.6 Å². The first kappa shape index (κ1) is 13.1. The van der Waals surface area contributed by atoms with Crippen LogP contribution in [0.15, 0.2) is 24.3 Å². The molecular formula is C15H22N2O. The number of nitrogens with zero attached hydrogens (tertiary/aromatic N) is 1. The van der Waals surface area contributed by atoms with E-state index in [-0.39, 0.29) is 11.8 Å². The first-order valence-electron chi connectivity index (χ1n) is 6.67. The number of fused-ring (bicyclic) bond motifs is 1. The van der Waals surface area contributed by atoms with E-state index in [4.69, 9.17) is 5.73 Å². The summed E-state index contributed by atoms with van der Waals surface area (Å²) in [4.78, 5) is 14.0. The lowest BCUT2D eigenvalue weighted by atomic mass is 9.87. The predicted molar refractivity (Wildman–Crippen MR) is 73.2 cm³/mol. The van der Waals surface area contributed by atoms with Crippen LogP contribution in [0.2, 0.25) is 0 Å². The largest absolute Gasteiger partial charge is 0.342 e. The second kappa shape index (κ2) is 5.53. The highest BCUT2D eigenvalue weighted by Gasteiger charge is 2.26. The molecule has 18 heavy (non-hydrogen) atoms. The van der Waals surface area contributed by atoms with Gasteiger partial charge in [0.05, 0.1) is 0 Å². The lowest BCUT2D eigenvalue weighted by molar-refractivity contribution is -0.135. The fourth-order valence-electron chi connectivity index (χ4n) is 2.64. The molecule has 1 aromatic rings. The van der Waals surface area contributed by atoms with Crippen molar-refractivity contribution in [1.82, 2.24) is 4.90 Å². The van der Waals surface area contributed by atoms with E-state index in [2.05, 4.69) is 24.3 Å². The maximum atomic E-state index is 12.1. The number of carbonyl (C=O) groups excluding carboxylic acids is 1. The van der Waals surface area contributed by atoms with Gasteiger partial charge in [-0.15, -0.1) is 0 Å². The maximum Gasteiger partial charge on any atom is 0.226 e. The van der Waals surface area contributed by atoms with Gasteiger partial charge in [0, 0.05) is 25.6 Å². The molecule has 0 bridgehead atoms. The minimum absolute atomic E-state index is 0.0767. The van der Waals surface area contributed by atoms with Gasteiger partial charge in [0.1, 0.15) is 0 Å². The topological polar surface area (TPSA) is 46.3 Å². The Hall–Kier alpha value is -1.35. The molecule has 98 valence electrons. The summed E-state index contributed by atoms with van der Waals surface area (Å²) in [6.07, 6.45) is 3.09. The van der Waals surface area contributed by atoms with Gasteiger partial charge in [-0.3, -0.25) is 4.79 Å². The number of nitrogens with two attached hydrogens (primary N) is 1. The standard InChI is InChI=1S/C15H22N2O/c1-11(10-16)15(18)17(2)14-8-7-12-5-3-4-6-13(12)9-14/h3-6,11,14H,7-10,16H2,1-2H3. The van der Waals surface area contributed by atoms with Gasteiger partial charge in [-0.25, -0.2) is 0 Å². The fraction of sp³-hybridized carbons (Fsp3) is 0.533. The minimum atomic E-state index is -0.0767. The van der Waals surface area contributed by atoms with Crippen LogP contribution in [0.5, 0.6) is 0 Å². The number of aryl methyl sites for hydroxylation is 1. The van der Waals surface area contributed by atoms with Crippen molar-refractivity contribution in [2.75, 3.05) is 13.6 Å². The molecule has 0 saturated carbocycles. The van der Waals surface area contributed by atoms with Gasteiger partial charge >= 0.3 is 0 Å². The number of rotatable bonds is 3. The molecule has 2 atom stereocenters. The van der Waals surface area contributed by atoms with Gasteiger partial charge in [0.25, 0.3) is 0 Å². The van der Waals surface area contributed by atoms with Crippen LogP contribution < -0.4 is 5.73 Å². The van der Waals surface area contributed by atoms with E-state index in [0.29, 0.717) is 12.6 Å². The SMILES string of the molecule is CC(CN)C(=O)N(C)C1CCc2ccccc2C1. The Bertz CT molecular complexity index is 430. The third-order valence-electron chi connectivity index (χ3n) is 3.99. The Morgan fingerprint density at radius 1 is 1.44 bits per heavy atom. The number of likely N-dealkylation sites (N-methyl/N-ethyl adjacent to an activating group) is 1. The van der Waals surface area contributed by atoms with Crippen molar-refractivity contribution in [3.05, 3.63) is 35.4 Å². The zero-order valence-corrected chi connectivity index (χ0v) is 11.2. The zero-order chi connectivity index (χ0) is 13.1. The van der Waals surface area contributed by atoms with Gasteiger partial charge in [-0.1, -0.05) is 31.2 Å². The molecule has 2 unspecified atom stereocenters. The third kappa shape index (κ3) is 2.56. The molecule has 2 N–H and O–H groups in total. The Balaban J connectivity index is 2.07. The molecule has 0 heterocycles. The van der Waals surface area contributed by atoms with E-state index in [1.165, 1.54) is 11.1 Å². The summed E-state index contributed by atoms with van der Waals surface area (Å²) in [7, 11) is 1.91. The van der Waals surface area contributed by atoms with Gasteiger partial charge in [0.15, 0.2) is 0 Å². The van der Waals surface area contributed by atoms with Crippen molar-refractivity contribution in [1.29, 1.82) is 0 Å². The molecule has 0 aliphatic heterocycles. The number of carbonyl (C=O) groups is 1. The lowest BCUT2D eigenvalue weighted by Crippen LogP contribution is -2.44. The molecule has 0 fully saturated rings. The highest BCUT2D eigenvalue weighted by atomic mass is 16.2. The second-order valence-electron chi connectivity index (χ2n) is 5.25. The molecule has 1 aliphatic rings. The number of amides is 1. The first-order valence-corrected chi connectivity index (χ1v) is 6.67. The van der Waals surface area contributed by atoms with Crippen molar-refractivity contribution in [2.24, 2.45) is 11.7 Å². The maximum absolute atomic E-state index is 12.1. The Labute approximate surface area is 109 Å². The smallest absolute Gasteiger partial charge is 0.226 e. The van der Waals surface area contributed by atoms with E-state index < -0.39 is 0 Å². The summed E-state index contributed by atoms with van der Waals surface area (Å²) < 4.78 is 0. The first-order chi connectivity index (χ1) is 8.63. The molecule has 1 aliphatic carbocycles. The summed E-state index contributed by atoms with van der Waals surface area (Å²) in [6.45, 7) is 2.32. The van der Waals surface area contributed by atoms with E-state index in [1.807, 2.05) is 18.9 Å². The van der Waals surface area contributed by atoms with Crippen molar-refractivity contribution >= 4 is 5.91 Å². The Morgan fingerprint density at radius 3 is 2.78 bits per heavy atom. The average molecular weight is 246 g/mol. The lowest BCUT2D eigenvalue weighted by Gasteiger charge is -2.33. The van der Waals surface area contributed by atoms with Crippen LogP contribution in [0.3, 0.4) is 0 Å². The van der Waals surface area contributed by atoms with Gasteiger partial charge in [-0.05, 0) is 30.4 Å². The molecule has 0 saturated heterocycles. The van der Waals surface area contributed by atoms with Crippen LogP contribution in [0.25, 0.3) is 0 Å².